The predicted molar refractivity (Wildman–Crippen MR) is 266 cm³/mol. The lowest BCUT2D eigenvalue weighted by atomic mass is 9.61. The highest BCUT2D eigenvalue weighted by atomic mass is 32.2. The Morgan fingerprint density at radius 2 is 0.905 bits per heavy atom. The smallest absolute Gasteiger partial charge is 0.182 e. The van der Waals surface area contributed by atoms with Crippen LogP contribution in [0.25, 0.3) is 33.4 Å². The standard InChI is InChI=1S/C60H43NSSi/c1-36-25-28-41-42-29-26-37(2)32-57(42)63(56(41)31-36)55-24-14-6-16-40(55)43-30-27-38(33-58(43)63)61-51-21-11-8-18-46(51)60(47-19-9-12-22-53(47)62-54-23-13-10-20-48(54)60)50-34-44-39-15-5-7-17-45(39)59(3,4)49(44)35-52(50)61/h5-35H,1-4H3. The Hall–Kier alpha value is -6.65. The highest BCUT2D eigenvalue weighted by Crippen LogP contribution is 2.65. The molecule has 0 fully saturated rings. The Balaban J connectivity index is 1.11. The Bertz CT molecular complexity index is 3420. The summed E-state index contributed by atoms with van der Waals surface area (Å²) in [5.74, 6) is 0. The van der Waals surface area contributed by atoms with Crippen molar-refractivity contribution in [3.63, 3.8) is 0 Å². The molecule has 9 aromatic rings. The molecule has 0 N–H and O–H groups in total. The molecule has 0 radical (unpaired) electrons. The first-order valence-corrected chi connectivity index (χ1v) is 25.2. The number of nitrogens with zero attached hydrogens (tertiary/aromatic N) is 1. The summed E-state index contributed by atoms with van der Waals surface area (Å²) in [5, 5.41) is 6.05. The minimum atomic E-state index is -2.74. The molecule has 0 atom stereocenters. The number of hydrogen-bond donors (Lipinski definition) is 0. The zero-order valence-electron chi connectivity index (χ0n) is 35.8. The number of anilines is 3. The van der Waals surface area contributed by atoms with Crippen LogP contribution in [0.15, 0.2) is 198 Å². The van der Waals surface area contributed by atoms with Crippen molar-refractivity contribution in [2.45, 2.75) is 48.3 Å². The number of rotatable bonds is 1. The molecule has 1 nitrogen and oxygen atoms in total. The maximum Gasteiger partial charge on any atom is 0.182 e. The lowest BCUT2D eigenvalue weighted by molar-refractivity contribution is 0.656. The van der Waals surface area contributed by atoms with E-state index in [-0.39, 0.29) is 5.41 Å². The fourth-order valence-corrected chi connectivity index (χ4v) is 19.9. The molecule has 0 saturated carbocycles. The molecule has 0 unspecified atom stereocenters. The maximum atomic E-state index is 2.65. The second-order valence-electron chi connectivity index (χ2n) is 18.9. The van der Waals surface area contributed by atoms with Gasteiger partial charge in [0.25, 0.3) is 0 Å². The van der Waals surface area contributed by atoms with E-state index >= 15 is 0 Å². The van der Waals surface area contributed by atoms with Crippen LogP contribution in [-0.4, -0.2) is 8.07 Å². The highest BCUT2D eigenvalue weighted by molar-refractivity contribution is 7.99. The summed E-state index contributed by atoms with van der Waals surface area (Å²) in [7, 11) is -2.74. The third-order valence-electron chi connectivity index (χ3n) is 15.4. The largest absolute Gasteiger partial charge is 0.310 e. The molecule has 0 saturated heterocycles. The van der Waals surface area contributed by atoms with E-state index < -0.39 is 13.5 Å². The van der Waals surface area contributed by atoms with Gasteiger partial charge in [-0.15, -0.1) is 0 Å². The van der Waals surface area contributed by atoms with Gasteiger partial charge in [0, 0.05) is 20.9 Å². The molecule has 0 aromatic heterocycles. The van der Waals surface area contributed by atoms with Crippen LogP contribution in [-0.2, 0) is 10.8 Å². The van der Waals surface area contributed by atoms with Crippen LogP contribution in [0, 0.1) is 13.8 Å². The molecule has 4 heterocycles. The number of aryl methyl sites for hydroxylation is 2. The van der Waals surface area contributed by atoms with Crippen LogP contribution in [0.2, 0.25) is 0 Å². The Morgan fingerprint density at radius 1 is 0.381 bits per heavy atom. The van der Waals surface area contributed by atoms with E-state index in [1.807, 2.05) is 11.8 Å². The summed E-state index contributed by atoms with van der Waals surface area (Å²) in [4.78, 5) is 5.29. The van der Waals surface area contributed by atoms with Crippen molar-refractivity contribution in [1.82, 2.24) is 0 Å². The maximum absolute atomic E-state index is 2.74. The zero-order valence-corrected chi connectivity index (χ0v) is 37.6. The van der Waals surface area contributed by atoms with E-state index in [9.17, 15) is 0 Å². The van der Waals surface area contributed by atoms with Gasteiger partial charge in [-0.1, -0.05) is 182 Å². The summed E-state index contributed by atoms with van der Waals surface area (Å²) in [6.45, 7) is 9.38. The molecule has 14 rings (SSSR count). The van der Waals surface area contributed by atoms with Crippen molar-refractivity contribution < 1.29 is 0 Å². The Labute approximate surface area is 374 Å². The molecule has 3 heteroatoms. The van der Waals surface area contributed by atoms with Crippen molar-refractivity contribution in [3.05, 3.63) is 233 Å². The monoisotopic (exact) mass is 837 g/mol. The normalized spacial score (nSPS) is 16.2. The molecule has 298 valence electrons. The van der Waals surface area contributed by atoms with Crippen LogP contribution in [0.4, 0.5) is 17.1 Å². The van der Waals surface area contributed by atoms with Crippen molar-refractivity contribution in [2.24, 2.45) is 0 Å². The lowest BCUT2D eigenvalue weighted by Crippen LogP contribution is -2.70. The Morgan fingerprint density at radius 3 is 1.59 bits per heavy atom. The summed E-state index contributed by atoms with van der Waals surface area (Å²) < 4.78 is 0. The van der Waals surface area contributed by atoms with Crippen LogP contribution < -0.4 is 25.6 Å². The van der Waals surface area contributed by atoms with E-state index in [2.05, 4.69) is 221 Å². The fourth-order valence-electron chi connectivity index (χ4n) is 12.9. The van der Waals surface area contributed by atoms with Crippen molar-refractivity contribution in [2.75, 3.05) is 4.90 Å². The second-order valence-corrected chi connectivity index (χ2v) is 23.6. The molecular weight excluding hydrogens is 795 g/mol. The van der Waals surface area contributed by atoms with Gasteiger partial charge >= 0.3 is 0 Å². The van der Waals surface area contributed by atoms with Crippen LogP contribution in [0.5, 0.6) is 0 Å². The van der Waals surface area contributed by atoms with E-state index in [1.54, 1.807) is 0 Å². The molecule has 63 heavy (non-hydrogen) atoms. The van der Waals surface area contributed by atoms with Gasteiger partial charge in [0.1, 0.15) is 0 Å². The molecule has 5 aliphatic rings. The van der Waals surface area contributed by atoms with E-state index in [4.69, 9.17) is 0 Å². The first-order valence-electron chi connectivity index (χ1n) is 22.3. The van der Waals surface area contributed by atoms with Crippen LogP contribution in [0.1, 0.15) is 58.4 Å². The molecule has 0 amide bonds. The minimum absolute atomic E-state index is 0.168. The fraction of sp³-hybridized carbons (Fsp3) is 0.100. The predicted octanol–water partition coefficient (Wildman–Crippen LogP) is 12.6. The molecule has 1 aliphatic carbocycles. The van der Waals surface area contributed by atoms with Gasteiger partial charge in [0.05, 0.1) is 16.8 Å². The topological polar surface area (TPSA) is 3.24 Å². The van der Waals surface area contributed by atoms with Crippen molar-refractivity contribution >= 4 is 57.6 Å². The Kier molecular flexibility index (Phi) is 7.00. The molecule has 4 aliphatic heterocycles. The highest BCUT2D eigenvalue weighted by Gasteiger charge is 2.56. The molecule has 2 spiro atoms. The molecule has 9 aromatic carbocycles. The average molecular weight is 838 g/mol. The number of hydrogen-bond acceptors (Lipinski definition) is 2. The van der Waals surface area contributed by atoms with Gasteiger partial charge in [-0.25, -0.2) is 0 Å². The van der Waals surface area contributed by atoms with Crippen LogP contribution in [0.3, 0.4) is 0 Å². The van der Waals surface area contributed by atoms with Gasteiger partial charge in [0.15, 0.2) is 8.07 Å². The first kappa shape index (κ1) is 35.9. The van der Waals surface area contributed by atoms with E-state index in [0.29, 0.717) is 0 Å². The molecular formula is C60H43NSSi. The zero-order chi connectivity index (χ0) is 42.0. The van der Waals surface area contributed by atoms with E-state index in [1.165, 1.54) is 125 Å². The van der Waals surface area contributed by atoms with Gasteiger partial charge < -0.3 is 4.90 Å². The quantitative estimate of drug-likeness (QED) is 0.152. The summed E-state index contributed by atoms with van der Waals surface area (Å²) in [5.41, 5.74) is 22.0. The summed E-state index contributed by atoms with van der Waals surface area (Å²) >= 11 is 1.91. The average Bonchev–Trinajstić information content (AvgIpc) is 3.85. The van der Waals surface area contributed by atoms with Gasteiger partial charge in [-0.2, -0.15) is 0 Å². The number of para-hydroxylation sites is 1. The number of benzene rings is 9. The van der Waals surface area contributed by atoms with Gasteiger partial charge in [-0.05, 0) is 144 Å². The van der Waals surface area contributed by atoms with Crippen LogP contribution >= 0.6 is 11.8 Å². The summed E-state index contributed by atoms with van der Waals surface area (Å²) in [6.07, 6.45) is 0. The minimum Gasteiger partial charge on any atom is -0.310 e. The first-order chi connectivity index (χ1) is 30.8. The third-order valence-corrected chi connectivity index (χ3v) is 21.5. The summed E-state index contributed by atoms with van der Waals surface area (Å²) in [6, 6.07) is 73.4. The SMILES string of the molecule is Cc1ccc2c(c1)[Si]1(c3ccccc3-c3ccc(N4c5ccccc5C5(c6ccccc6Sc6ccccc65)c5cc6c(cc54)C(C)(C)c4ccccc4-6)cc31)c1cc(C)ccc1-2. The van der Waals surface area contributed by atoms with Gasteiger partial charge in [-0.3, -0.25) is 0 Å². The van der Waals surface area contributed by atoms with Crippen molar-refractivity contribution in [3.8, 4) is 33.4 Å². The van der Waals surface area contributed by atoms with E-state index in [0.717, 1.165) is 0 Å². The third kappa shape index (κ3) is 4.30. The lowest BCUT2D eigenvalue weighted by Gasteiger charge is -2.49. The second kappa shape index (κ2) is 12.3. The van der Waals surface area contributed by atoms with Crippen molar-refractivity contribution in [1.29, 1.82) is 0 Å². The number of fused-ring (bicyclic) bond motifs is 21. The van der Waals surface area contributed by atoms with Gasteiger partial charge in [0.2, 0.25) is 0 Å². The molecule has 0 bridgehead atoms.